The Kier molecular flexibility index (Phi) is 3.46. The molecule has 0 aromatic heterocycles. The summed E-state index contributed by atoms with van der Waals surface area (Å²) in [6, 6.07) is 11.6. The van der Waals surface area contributed by atoms with E-state index in [2.05, 4.69) is 35.6 Å². The highest BCUT2D eigenvalue weighted by atomic mass is 14.9. The van der Waals surface area contributed by atoms with E-state index < -0.39 is 0 Å². The molecular weight excluding hydrogens is 206 g/mol. The fraction of sp³-hybridized carbons (Fsp3) is 0.625. The Morgan fingerprint density at radius 2 is 1.82 bits per heavy atom. The van der Waals surface area contributed by atoms with Gasteiger partial charge in [-0.05, 0) is 49.6 Å². The molecule has 1 aromatic rings. The van der Waals surface area contributed by atoms with Crippen molar-refractivity contribution in [2.75, 3.05) is 6.54 Å². The van der Waals surface area contributed by atoms with E-state index in [0.29, 0.717) is 6.04 Å². The van der Waals surface area contributed by atoms with E-state index in [0.717, 1.165) is 11.8 Å². The van der Waals surface area contributed by atoms with E-state index >= 15 is 0 Å². The molecule has 1 N–H and O–H groups in total. The molecule has 3 rings (SSSR count). The van der Waals surface area contributed by atoms with Crippen LogP contribution >= 0.6 is 0 Å². The van der Waals surface area contributed by atoms with Crippen LogP contribution in [0.25, 0.3) is 0 Å². The van der Waals surface area contributed by atoms with Gasteiger partial charge >= 0.3 is 0 Å². The van der Waals surface area contributed by atoms with Gasteiger partial charge in [0.15, 0.2) is 0 Å². The van der Waals surface area contributed by atoms with Crippen molar-refractivity contribution < 1.29 is 0 Å². The number of hydrogen-bond acceptors (Lipinski definition) is 1. The molecule has 0 radical (unpaired) electrons. The zero-order chi connectivity index (χ0) is 11.5. The second-order valence-corrected chi connectivity index (χ2v) is 5.77. The third-order valence-corrected chi connectivity index (χ3v) is 4.10. The van der Waals surface area contributed by atoms with E-state index in [-0.39, 0.29) is 0 Å². The zero-order valence-electron chi connectivity index (χ0n) is 10.6. The molecule has 0 spiro atoms. The summed E-state index contributed by atoms with van der Waals surface area (Å²) in [6.07, 6.45) is 8.61. The predicted molar refractivity (Wildman–Crippen MR) is 71.9 cm³/mol. The van der Waals surface area contributed by atoms with Gasteiger partial charge in [0.05, 0.1) is 0 Å². The van der Waals surface area contributed by atoms with E-state index in [1.807, 2.05) is 0 Å². The van der Waals surface area contributed by atoms with Crippen LogP contribution in [-0.2, 0) is 0 Å². The highest BCUT2D eigenvalue weighted by Crippen LogP contribution is 2.41. The Labute approximate surface area is 105 Å². The van der Waals surface area contributed by atoms with Gasteiger partial charge in [-0.1, -0.05) is 43.2 Å². The first-order chi connectivity index (χ1) is 8.43. The highest BCUT2D eigenvalue weighted by Gasteiger charge is 2.31. The molecule has 1 atom stereocenters. The normalized spacial score (nSPS) is 21.4. The van der Waals surface area contributed by atoms with Gasteiger partial charge in [-0.2, -0.15) is 0 Å². The SMILES string of the molecule is c1ccc(C(NCCCC2CC2)C2CC2)cc1. The average molecular weight is 229 g/mol. The molecule has 1 heteroatoms. The molecule has 0 bridgehead atoms. The van der Waals surface area contributed by atoms with Crippen molar-refractivity contribution in [1.82, 2.24) is 5.32 Å². The van der Waals surface area contributed by atoms with Gasteiger partial charge in [-0.3, -0.25) is 0 Å². The first-order valence-electron chi connectivity index (χ1n) is 7.22. The third kappa shape index (κ3) is 3.32. The second kappa shape index (κ2) is 5.22. The molecule has 1 aromatic carbocycles. The molecule has 2 saturated carbocycles. The van der Waals surface area contributed by atoms with Crippen LogP contribution in [-0.4, -0.2) is 6.54 Å². The molecule has 92 valence electrons. The lowest BCUT2D eigenvalue weighted by Crippen LogP contribution is -2.24. The summed E-state index contributed by atoms with van der Waals surface area (Å²) in [5, 5.41) is 3.78. The van der Waals surface area contributed by atoms with Crippen LogP contribution in [0.1, 0.15) is 50.1 Å². The lowest BCUT2D eigenvalue weighted by molar-refractivity contribution is 0.465. The van der Waals surface area contributed by atoms with Crippen LogP contribution in [0.2, 0.25) is 0 Å². The van der Waals surface area contributed by atoms with E-state index in [1.165, 1.54) is 50.6 Å². The summed E-state index contributed by atoms with van der Waals surface area (Å²) in [5.41, 5.74) is 1.49. The summed E-state index contributed by atoms with van der Waals surface area (Å²) < 4.78 is 0. The van der Waals surface area contributed by atoms with Crippen LogP contribution in [0.3, 0.4) is 0 Å². The van der Waals surface area contributed by atoms with Gasteiger partial charge in [0.1, 0.15) is 0 Å². The third-order valence-electron chi connectivity index (χ3n) is 4.10. The first kappa shape index (κ1) is 11.3. The number of rotatable bonds is 7. The minimum Gasteiger partial charge on any atom is -0.310 e. The van der Waals surface area contributed by atoms with Gasteiger partial charge in [0.2, 0.25) is 0 Å². The quantitative estimate of drug-likeness (QED) is 0.699. The molecule has 0 amide bonds. The molecular formula is C16H23N. The molecule has 0 saturated heterocycles. The molecule has 1 nitrogen and oxygen atoms in total. The Balaban J connectivity index is 1.49. The first-order valence-corrected chi connectivity index (χ1v) is 7.22. The summed E-state index contributed by atoms with van der Waals surface area (Å²) >= 11 is 0. The van der Waals surface area contributed by atoms with Crippen molar-refractivity contribution >= 4 is 0 Å². The molecule has 2 fully saturated rings. The summed E-state index contributed by atoms with van der Waals surface area (Å²) in [7, 11) is 0. The summed E-state index contributed by atoms with van der Waals surface area (Å²) in [4.78, 5) is 0. The summed E-state index contributed by atoms with van der Waals surface area (Å²) in [6.45, 7) is 1.20. The van der Waals surface area contributed by atoms with Crippen molar-refractivity contribution in [2.24, 2.45) is 11.8 Å². The van der Waals surface area contributed by atoms with Crippen molar-refractivity contribution in [2.45, 2.75) is 44.6 Å². The number of hydrogen-bond donors (Lipinski definition) is 1. The maximum atomic E-state index is 3.78. The van der Waals surface area contributed by atoms with Crippen molar-refractivity contribution in [3.05, 3.63) is 35.9 Å². The van der Waals surface area contributed by atoms with Crippen molar-refractivity contribution in [3.8, 4) is 0 Å². The largest absolute Gasteiger partial charge is 0.310 e. The van der Waals surface area contributed by atoms with Crippen LogP contribution in [0.15, 0.2) is 30.3 Å². The maximum Gasteiger partial charge on any atom is 0.0348 e. The Morgan fingerprint density at radius 1 is 1.06 bits per heavy atom. The number of benzene rings is 1. The smallest absolute Gasteiger partial charge is 0.0348 e. The predicted octanol–water partition coefficient (Wildman–Crippen LogP) is 3.92. The van der Waals surface area contributed by atoms with E-state index in [9.17, 15) is 0 Å². The molecule has 2 aliphatic carbocycles. The van der Waals surface area contributed by atoms with Gasteiger partial charge in [-0.15, -0.1) is 0 Å². The summed E-state index contributed by atoms with van der Waals surface area (Å²) in [5.74, 6) is 1.98. The molecule has 17 heavy (non-hydrogen) atoms. The van der Waals surface area contributed by atoms with Gasteiger partial charge in [0, 0.05) is 6.04 Å². The second-order valence-electron chi connectivity index (χ2n) is 5.77. The Morgan fingerprint density at radius 3 is 2.47 bits per heavy atom. The van der Waals surface area contributed by atoms with Crippen LogP contribution < -0.4 is 5.32 Å². The van der Waals surface area contributed by atoms with Gasteiger partial charge in [0.25, 0.3) is 0 Å². The molecule has 0 heterocycles. The van der Waals surface area contributed by atoms with Crippen molar-refractivity contribution in [3.63, 3.8) is 0 Å². The standard InChI is InChI=1S/C16H23N/c1-2-6-14(7-3-1)16(15-10-11-15)17-12-4-5-13-8-9-13/h1-3,6-7,13,15-17H,4-5,8-12H2. The van der Waals surface area contributed by atoms with E-state index in [4.69, 9.17) is 0 Å². The average Bonchev–Trinajstić information content (AvgIpc) is 3.24. The maximum absolute atomic E-state index is 3.78. The van der Waals surface area contributed by atoms with Gasteiger partial charge < -0.3 is 5.32 Å². The fourth-order valence-electron chi connectivity index (χ4n) is 2.70. The molecule has 1 unspecified atom stereocenters. The lowest BCUT2D eigenvalue weighted by atomic mass is 10.0. The highest BCUT2D eigenvalue weighted by molar-refractivity contribution is 5.21. The van der Waals surface area contributed by atoms with Crippen LogP contribution in [0.4, 0.5) is 0 Å². The Bertz CT molecular complexity index is 338. The van der Waals surface area contributed by atoms with Crippen LogP contribution in [0.5, 0.6) is 0 Å². The minimum atomic E-state index is 0.621. The molecule has 2 aliphatic rings. The lowest BCUT2D eigenvalue weighted by Gasteiger charge is -2.18. The minimum absolute atomic E-state index is 0.621. The zero-order valence-corrected chi connectivity index (χ0v) is 10.6. The monoisotopic (exact) mass is 229 g/mol. The van der Waals surface area contributed by atoms with Gasteiger partial charge in [-0.25, -0.2) is 0 Å². The van der Waals surface area contributed by atoms with Crippen molar-refractivity contribution in [1.29, 1.82) is 0 Å². The topological polar surface area (TPSA) is 12.0 Å². The fourth-order valence-corrected chi connectivity index (χ4v) is 2.70. The number of nitrogens with one attached hydrogen (secondary N) is 1. The Hall–Kier alpha value is -0.820. The molecule has 0 aliphatic heterocycles. The van der Waals surface area contributed by atoms with Crippen LogP contribution in [0, 0.1) is 11.8 Å². The van der Waals surface area contributed by atoms with E-state index in [1.54, 1.807) is 0 Å².